The molecule has 1 N–H and O–H groups in total. The Hall–Kier alpha value is -0.830. The summed E-state index contributed by atoms with van der Waals surface area (Å²) in [6.07, 6.45) is 6.34. The van der Waals surface area contributed by atoms with Gasteiger partial charge in [0.1, 0.15) is 0 Å². The van der Waals surface area contributed by atoms with Gasteiger partial charge in [0.05, 0.1) is 6.61 Å². The van der Waals surface area contributed by atoms with Gasteiger partial charge < -0.3 is 10.1 Å². The van der Waals surface area contributed by atoms with Crippen LogP contribution in [0.4, 0.5) is 0 Å². The third kappa shape index (κ3) is 9.26. The van der Waals surface area contributed by atoms with Crippen LogP contribution < -0.4 is 5.32 Å². The summed E-state index contributed by atoms with van der Waals surface area (Å²) < 4.78 is 4.94. The third-order valence-corrected chi connectivity index (χ3v) is 1.79. The maximum atomic E-state index is 10.9. The number of ether oxygens (including phenoxy) is 1. The lowest BCUT2D eigenvalue weighted by molar-refractivity contribution is -0.137. The Morgan fingerprint density at radius 2 is 2.14 bits per heavy atom. The van der Waals surface area contributed by atoms with Crippen LogP contribution in [0.25, 0.3) is 0 Å². The Balaban J connectivity index is 3.09. The first-order valence-electron chi connectivity index (χ1n) is 5.31. The van der Waals surface area contributed by atoms with Gasteiger partial charge in [-0.3, -0.25) is 0 Å². The molecule has 0 rings (SSSR count). The molecule has 0 aromatic rings. The van der Waals surface area contributed by atoms with Crippen molar-refractivity contribution in [2.24, 2.45) is 0 Å². The molecule has 0 fully saturated rings. The second-order valence-electron chi connectivity index (χ2n) is 3.08. The molecule has 0 spiro atoms. The second kappa shape index (κ2) is 10.3. The van der Waals surface area contributed by atoms with Gasteiger partial charge in [0, 0.05) is 6.08 Å². The number of allylic oxidation sites excluding steroid dienone is 1. The van der Waals surface area contributed by atoms with E-state index in [0.717, 1.165) is 32.4 Å². The van der Waals surface area contributed by atoms with Crippen molar-refractivity contribution in [3.8, 4) is 0 Å². The molecule has 0 heterocycles. The van der Waals surface area contributed by atoms with Crippen molar-refractivity contribution in [3.05, 3.63) is 12.2 Å². The first-order chi connectivity index (χ1) is 6.81. The smallest absolute Gasteiger partial charge is 0.330 e. The van der Waals surface area contributed by atoms with Gasteiger partial charge in [-0.15, -0.1) is 0 Å². The molecular formula is C11H21NO2. The van der Waals surface area contributed by atoms with Crippen molar-refractivity contribution in [1.29, 1.82) is 0 Å². The number of esters is 1. The van der Waals surface area contributed by atoms with E-state index in [9.17, 15) is 4.79 Å². The summed E-state index contributed by atoms with van der Waals surface area (Å²) in [5, 5.41) is 3.25. The highest BCUT2D eigenvalue weighted by molar-refractivity contribution is 5.81. The Morgan fingerprint density at radius 3 is 2.79 bits per heavy atom. The third-order valence-electron chi connectivity index (χ3n) is 1.79. The van der Waals surface area contributed by atoms with Gasteiger partial charge in [-0.05, 0) is 39.3 Å². The van der Waals surface area contributed by atoms with Crippen molar-refractivity contribution < 1.29 is 9.53 Å². The number of hydrogen-bond acceptors (Lipinski definition) is 3. The van der Waals surface area contributed by atoms with Crippen molar-refractivity contribution in [3.63, 3.8) is 0 Å². The SMILES string of the molecule is C/C=C/C(=O)OCCCCCNCC. The molecule has 0 saturated carbocycles. The molecule has 14 heavy (non-hydrogen) atoms. The van der Waals surface area contributed by atoms with Crippen LogP contribution in [-0.2, 0) is 9.53 Å². The fraction of sp³-hybridized carbons (Fsp3) is 0.727. The van der Waals surface area contributed by atoms with Gasteiger partial charge >= 0.3 is 5.97 Å². The van der Waals surface area contributed by atoms with E-state index in [-0.39, 0.29) is 5.97 Å². The molecule has 0 radical (unpaired) electrons. The minimum Gasteiger partial charge on any atom is -0.463 e. The van der Waals surface area contributed by atoms with E-state index >= 15 is 0 Å². The van der Waals surface area contributed by atoms with Crippen LogP contribution in [-0.4, -0.2) is 25.7 Å². The molecule has 0 aliphatic carbocycles. The highest BCUT2D eigenvalue weighted by atomic mass is 16.5. The lowest BCUT2D eigenvalue weighted by Gasteiger charge is -2.02. The lowest BCUT2D eigenvalue weighted by Crippen LogP contribution is -2.14. The van der Waals surface area contributed by atoms with Gasteiger partial charge in [-0.1, -0.05) is 13.0 Å². The summed E-state index contributed by atoms with van der Waals surface area (Å²) in [4.78, 5) is 10.9. The quantitative estimate of drug-likeness (QED) is 0.368. The molecule has 0 aliphatic rings. The number of rotatable bonds is 8. The predicted octanol–water partition coefficient (Wildman–Crippen LogP) is 1.89. The van der Waals surface area contributed by atoms with Gasteiger partial charge in [0.25, 0.3) is 0 Å². The first kappa shape index (κ1) is 13.2. The Labute approximate surface area is 86.5 Å². The van der Waals surface area contributed by atoms with Crippen LogP contribution in [0.3, 0.4) is 0 Å². The Morgan fingerprint density at radius 1 is 1.36 bits per heavy atom. The van der Waals surface area contributed by atoms with E-state index < -0.39 is 0 Å². The van der Waals surface area contributed by atoms with Crippen LogP contribution in [0, 0.1) is 0 Å². The molecule has 3 nitrogen and oxygen atoms in total. The van der Waals surface area contributed by atoms with Crippen molar-refractivity contribution >= 4 is 5.97 Å². The van der Waals surface area contributed by atoms with E-state index in [4.69, 9.17) is 4.74 Å². The maximum absolute atomic E-state index is 10.9. The fourth-order valence-corrected chi connectivity index (χ4v) is 1.06. The number of carbonyl (C=O) groups is 1. The normalized spacial score (nSPS) is 10.7. The zero-order valence-electron chi connectivity index (χ0n) is 9.21. The van der Waals surface area contributed by atoms with Crippen molar-refractivity contribution in [2.45, 2.75) is 33.1 Å². The lowest BCUT2D eigenvalue weighted by atomic mass is 10.2. The summed E-state index contributed by atoms with van der Waals surface area (Å²) in [5.74, 6) is -0.237. The zero-order valence-corrected chi connectivity index (χ0v) is 9.21. The number of unbranched alkanes of at least 4 members (excludes halogenated alkanes) is 2. The molecule has 82 valence electrons. The topological polar surface area (TPSA) is 38.3 Å². The van der Waals surface area contributed by atoms with Crippen molar-refractivity contribution in [1.82, 2.24) is 5.32 Å². The minimum absolute atomic E-state index is 0.237. The van der Waals surface area contributed by atoms with Gasteiger partial charge in [-0.2, -0.15) is 0 Å². The van der Waals surface area contributed by atoms with E-state index in [1.54, 1.807) is 13.0 Å². The van der Waals surface area contributed by atoms with E-state index in [0.29, 0.717) is 6.61 Å². The molecule has 0 saturated heterocycles. The van der Waals surface area contributed by atoms with Gasteiger partial charge in [0.2, 0.25) is 0 Å². The van der Waals surface area contributed by atoms with E-state index in [1.165, 1.54) is 6.08 Å². The number of nitrogens with one attached hydrogen (secondary N) is 1. The molecular weight excluding hydrogens is 178 g/mol. The van der Waals surface area contributed by atoms with E-state index in [1.807, 2.05) is 0 Å². The highest BCUT2D eigenvalue weighted by Crippen LogP contribution is 1.95. The average Bonchev–Trinajstić information content (AvgIpc) is 2.17. The summed E-state index contributed by atoms with van der Waals surface area (Å²) in [6.45, 7) is 6.52. The van der Waals surface area contributed by atoms with Crippen LogP contribution in [0.15, 0.2) is 12.2 Å². The Bertz CT molecular complexity index is 167. The van der Waals surface area contributed by atoms with Crippen LogP contribution in [0.1, 0.15) is 33.1 Å². The van der Waals surface area contributed by atoms with Gasteiger partial charge in [0.15, 0.2) is 0 Å². The summed E-state index contributed by atoms with van der Waals surface area (Å²) >= 11 is 0. The average molecular weight is 199 g/mol. The largest absolute Gasteiger partial charge is 0.463 e. The molecule has 0 aromatic heterocycles. The first-order valence-corrected chi connectivity index (χ1v) is 5.31. The maximum Gasteiger partial charge on any atom is 0.330 e. The van der Waals surface area contributed by atoms with E-state index in [2.05, 4.69) is 12.2 Å². The zero-order chi connectivity index (χ0) is 10.6. The summed E-state index contributed by atoms with van der Waals surface area (Å²) in [6, 6.07) is 0. The van der Waals surface area contributed by atoms with Crippen LogP contribution in [0.5, 0.6) is 0 Å². The number of carbonyl (C=O) groups excluding carboxylic acids is 1. The minimum atomic E-state index is -0.237. The molecule has 0 bridgehead atoms. The molecule has 0 atom stereocenters. The highest BCUT2D eigenvalue weighted by Gasteiger charge is 1.95. The van der Waals surface area contributed by atoms with Crippen molar-refractivity contribution in [2.75, 3.05) is 19.7 Å². The van der Waals surface area contributed by atoms with Crippen LogP contribution in [0.2, 0.25) is 0 Å². The number of hydrogen-bond donors (Lipinski definition) is 1. The molecule has 0 aromatic carbocycles. The molecule has 0 amide bonds. The van der Waals surface area contributed by atoms with Crippen LogP contribution >= 0.6 is 0 Å². The fourth-order valence-electron chi connectivity index (χ4n) is 1.06. The second-order valence-corrected chi connectivity index (χ2v) is 3.08. The summed E-state index contributed by atoms with van der Waals surface area (Å²) in [5.41, 5.74) is 0. The molecule has 0 aliphatic heterocycles. The Kier molecular flexibility index (Phi) is 9.64. The van der Waals surface area contributed by atoms with Gasteiger partial charge in [-0.25, -0.2) is 4.79 Å². The monoisotopic (exact) mass is 199 g/mol. The standard InChI is InChI=1S/C11H21NO2/c1-3-8-11(13)14-10-7-5-6-9-12-4-2/h3,8,12H,4-7,9-10H2,1-2H3/b8-3+. The summed E-state index contributed by atoms with van der Waals surface area (Å²) in [7, 11) is 0. The predicted molar refractivity (Wildman–Crippen MR) is 58.2 cm³/mol. The molecule has 3 heteroatoms. The molecule has 0 unspecified atom stereocenters.